The monoisotopic (exact) mass is 195 g/mol. The summed E-state index contributed by atoms with van der Waals surface area (Å²) in [5.74, 6) is 1.53. The molecule has 4 heteroatoms. The fraction of sp³-hybridized carbons (Fsp3) is 0.400. The predicted molar refractivity (Wildman–Crippen MR) is 51.4 cm³/mol. The summed E-state index contributed by atoms with van der Waals surface area (Å²) < 4.78 is 15.4. The molecule has 0 fully saturated rings. The largest absolute Gasteiger partial charge is 0.454 e. The van der Waals surface area contributed by atoms with Gasteiger partial charge in [-0.1, -0.05) is 6.07 Å². The number of rotatable bonds is 3. The van der Waals surface area contributed by atoms with Crippen LogP contribution in [0.2, 0.25) is 0 Å². The summed E-state index contributed by atoms with van der Waals surface area (Å²) in [7, 11) is 1.63. The Balaban J connectivity index is 2.19. The summed E-state index contributed by atoms with van der Waals surface area (Å²) >= 11 is 0. The molecule has 1 aliphatic rings. The first-order valence-corrected chi connectivity index (χ1v) is 4.45. The van der Waals surface area contributed by atoms with Crippen molar-refractivity contribution < 1.29 is 14.2 Å². The summed E-state index contributed by atoms with van der Waals surface area (Å²) in [4.78, 5) is 0. The second kappa shape index (κ2) is 3.86. The van der Waals surface area contributed by atoms with Gasteiger partial charge in [-0.15, -0.1) is 0 Å². The van der Waals surface area contributed by atoms with Crippen molar-refractivity contribution in [2.24, 2.45) is 5.73 Å². The Morgan fingerprint density at radius 1 is 1.43 bits per heavy atom. The Bertz CT molecular complexity index is 327. The average Bonchev–Trinajstić information content (AvgIpc) is 2.64. The normalized spacial score (nSPS) is 15.6. The van der Waals surface area contributed by atoms with Crippen LogP contribution >= 0.6 is 0 Å². The van der Waals surface area contributed by atoms with Crippen molar-refractivity contribution in [3.63, 3.8) is 0 Å². The summed E-state index contributed by atoms with van der Waals surface area (Å²) in [6, 6.07) is 5.57. The molecule has 14 heavy (non-hydrogen) atoms. The quantitative estimate of drug-likeness (QED) is 0.783. The van der Waals surface area contributed by atoms with E-state index in [4.69, 9.17) is 19.9 Å². The van der Waals surface area contributed by atoms with Crippen molar-refractivity contribution in [1.82, 2.24) is 0 Å². The van der Waals surface area contributed by atoms with Gasteiger partial charge in [0, 0.05) is 7.11 Å². The van der Waals surface area contributed by atoms with Gasteiger partial charge < -0.3 is 19.9 Å². The van der Waals surface area contributed by atoms with Gasteiger partial charge in [0.2, 0.25) is 6.79 Å². The van der Waals surface area contributed by atoms with E-state index in [0.29, 0.717) is 6.61 Å². The topological polar surface area (TPSA) is 53.7 Å². The van der Waals surface area contributed by atoms with Gasteiger partial charge >= 0.3 is 0 Å². The number of hydrogen-bond donors (Lipinski definition) is 1. The lowest BCUT2D eigenvalue weighted by Crippen LogP contribution is -2.15. The smallest absolute Gasteiger partial charge is 0.231 e. The molecule has 0 unspecified atom stereocenters. The van der Waals surface area contributed by atoms with Crippen molar-refractivity contribution in [1.29, 1.82) is 0 Å². The molecule has 76 valence electrons. The highest BCUT2D eigenvalue weighted by molar-refractivity contribution is 5.45. The van der Waals surface area contributed by atoms with E-state index in [-0.39, 0.29) is 12.8 Å². The second-order valence-corrected chi connectivity index (χ2v) is 3.17. The third-order valence-corrected chi connectivity index (χ3v) is 2.17. The zero-order valence-electron chi connectivity index (χ0n) is 8.03. The van der Waals surface area contributed by atoms with Crippen LogP contribution in [0.25, 0.3) is 0 Å². The minimum absolute atomic E-state index is 0.116. The number of ether oxygens (including phenoxy) is 3. The van der Waals surface area contributed by atoms with Crippen molar-refractivity contribution in [3.05, 3.63) is 23.8 Å². The Morgan fingerprint density at radius 2 is 2.21 bits per heavy atom. The van der Waals surface area contributed by atoms with Crippen LogP contribution in [0.15, 0.2) is 18.2 Å². The van der Waals surface area contributed by atoms with Crippen LogP contribution < -0.4 is 15.2 Å². The van der Waals surface area contributed by atoms with E-state index in [1.807, 2.05) is 18.2 Å². The zero-order valence-corrected chi connectivity index (χ0v) is 8.03. The lowest BCUT2D eigenvalue weighted by atomic mass is 10.1. The highest BCUT2D eigenvalue weighted by Gasteiger charge is 2.15. The van der Waals surface area contributed by atoms with Gasteiger partial charge in [0.05, 0.1) is 12.6 Å². The molecule has 0 amide bonds. The standard InChI is InChI=1S/C10H13NO3/c1-12-5-8(11)7-2-3-9-10(4-7)14-6-13-9/h2-4,8H,5-6,11H2,1H3/t8-/m1/s1. The maximum absolute atomic E-state index is 5.88. The molecule has 1 atom stereocenters. The van der Waals surface area contributed by atoms with E-state index >= 15 is 0 Å². The molecule has 4 nitrogen and oxygen atoms in total. The zero-order chi connectivity index (χ0) is 9.97. The van der Waals surface area contributed by atoms with Gasteiger partial charge in [-0.2, -0.15) is 0 Å². The number of hydrogen-bond acceptors (Lipinski definition) is 4. The second-order valence-electron chi connectivity index (χ2n) is 3.17. The van der Waals surface area contributed by atoms with E-state index in [9.17, 15) is 0 Å². The maximum atomic E-state index is 5.88. The molecule has 2 rings (SSSR count). The van der Waals surface area contributed by atoms with Crippen LogP contribution in [0.1, 0.15) is 11.6 Å². The molecule has 2 N–H and O–H groups in total. The molecule has 1 heterocycles. The molecule has 0 bridgehead atoms. The average molecular weight is 195 g/mol. The molecule has 0 aliphatic carbocycles. The number of nitrogens with two attached hydrogens (primary N) is 1. The third-order valence-electron chi connectivity index (χ3n) is 2.17. The van der Waals surface area contributed by atoms with E-state index in [1.165, 1.54) is 0 Å². The van der Waals surface area contributed by atoms with Gasteiger partial charge in [0.1, 0.15) is 0 Å². The molecule has 1 aromatic carbocycles. The minimum atomic E-state index is -0.116. The molecular formula is C10H13NO3. The number of methoxy groups -OCH3 is 1. The van der Waals surface area contributed by atoms with E-state index < -0.39 is 0 Å². The van der Waals surface area contributed by atoms with Crippen molar-refractivity contribution in [2.45, 2.75) is 6.04 Å². The van der Waals surface area contributed by atoms with E-state index in [0.717, 1.165) is 17.1 Å². The molecule has 0 aromatic heterocycles. The van der Waals surface area contributed by atoms with Gasteiger partial charge in [-0.05, 0) is 17.7 Å². The first-order chi connectivity index (χ1) is 6.81. The molecular weight excluding hydrogens is 182 g/mol. The molecule has 0 radical (unpaired) electrons. The van der Waals surface area contributed by atoms with Crippen LogP contribution in [-0.4, -0.2) is 20.5 Å². The number of fused-ring (bicyclic) bond motifs is 1. The van der Waals surface area contributed by atoms with Gasteiger partial charge in [0.15, 0.2) is 11.5 Å². The molecule has 0 saturated carbocycles. The Labute approximate surface area is 82.6 Å². The van der Waals surface area contributed by atoms with Gasteiger partial charge in [0.25, 0.3) is 0 Å². The summed E-state index contributed by atoms with van der Waals surface area (Å²) in [5, 5.41) is 0. The number of benzene rings is 1. The highest BCUT2D eigenvalue weighted by Crippen LogP contribution is 2.33. The third kappa shape index (κ3) is 1.66. The van der Waals surface area contributed by atoms with Crippen LogP contribution in [0.4, 0.5) is 0 Å². The van der Waals surface area contributed by atoms with Crippen LogP contribution in [0.3, 0.4) is 0 Å². The van der Waals surface area contributed by atoms with Crippen LogP contribution in [0, 0.1) is 0 Å². The van der Waals surface area contributed by atoms with Crippen molar-refractivity contribution in [3.8, 4) is 11.5 Å². The molecule has 1 aliphatic heterocycles. The summed E-state index contributed by atoms with van der Waals surface area (Å²) in [5.41, 5.74) is 6.87. The SMILES string of the molecule is COC[C@@H](N)c1ccc2c(c1)OCO2. The molecule has 0 spiro atoms. The minimum Gasteiger partial charge on any atom is -0.454 e. The Morgan fingerprint density at radius 3 is 3.00 bits per heavy atom. The lowest BCUT2D eigenvalue weighted by molar-refractivity contribution is 0.173. The highest BCUT2D eigenvalue weighted by atomic mass is 16.7. The Hall–Kier alpha value is -1.26. The van der Waals surface area contributed by atoms with Crippen LogP contribution in [0.5, 0.6) is 11.5 Å². The van der Waals surface area contributed by atoms with Crippen molar-refractivity contribution in [2.75, 3.05) is 20.5 Å². The maximum Gasteiger partial charge on any atom is 0.231 e. The fourth-order valence-electron chi connectivity index (χ4n) is 1.42. The van der Waals surface area contributed by atoms with Gasteiger partial charge in [-0.3, -0.25) is 0 Å². The summed E-state index contributed by atoms with van der Waals surface area (Å²) in [6.45, 7) is 0.790. The van der Waals surface area contributed by atoms with Gasteiger partial charge in [-0.25, -0.2) is 0 Å². The summed E-state index contributed by atoms with van der Waals surface area (Å²) in [6.07, 6.45) is 0. The Kier molecular flexibility index (Phi) is 2.56. The van der Waals surface area contributed by atoms with Crippen LogP contribution in [-0.2, 0) is 4.74 Å². The lowest BCUT2D eigenvalue weighted by Gasteiger charge is -2.10. The van der Waals surface area contributed by atoms with Crippen molar-refractivity contribution >= 4 is 0 Å². The first-order valence-electron chi connectivity index (χ1n) is 4.45. The van der Waals surface area contributed by atoms with E-state index in [2.05, 4.69) is 0 Å². The fourth-order valence-corrected chi connectivity index (χ4v) is 1.42. The van der Waals surface area contributed by atoms with E-state index in [1.54, 1.807) is 7.11 Å². The molecule has 1 aromatic rings. The molecule has 0 saturated heterocycles. The predicted octanol–water partition coefficient (Wildman–Crippen LogP) is 1.06. The first kappa shape index (κ1) is 9.30.